The molecule has 0 spiro atoms. The zero-order valence-corrected chi connectivity index (χ0v) is 16.9. The minimum Gasteiger partial charge on any atom is -0.350 e. The first kappa shape index (κ1) is 18.7. The normalized spacial score (nSPS) is 15.2. The Kier molecular flexibility index (Phi) is 5.20. The first-order valence-corrected chi connectivity index (χ1v) is 10.2. The van der Waals surface area contributed by atoms with Gasteiger partial charge in [0.25, 0.3) is 5.89 Å². The molecule has 6 heteroatoms. The Morgan fingerprint density at radius 3 is 2.82 bits per heavy atom. The van der Waals surface area contributed by atoms with Crippen LogP contribution in [-0.4, -0.2) is 39.5 Å². The summed E-state index contributed by atoms with van der Waals surface area (Å²) in [5, 5.41) is 5.29. The molecule has 2 aromatic heterocycles. The summed E-state index contributed by atoms with van der Waals surface area (Å²) in [5.41, 5.74) is 4.26. The first-order valence-electron chi connectivity index (χ1n) is 10.2. The van der Waals surface area contributed by atoms with E-state index in [1.807, 2.05) is 11.9 Å². The van der Waals surface area contributed by atoms with Crippen LogP contribution in [-0.2, 0) is 11.2 Å². The van der Waals surface area contributed by atoms with Gasteiger partial charge in [0, 0.05) is 36.8 Å². The van der Waals surface area contributed by atoms with Crippen LogP contribution in [0, 0.1) is 19.8 Å². The topological polar surface area (TPSA) is 75.0 Å². The number of hydrogen-bond acceptors (Lipinski definition) is 4. The van der Waals surface area contributed by atoms with Gasteiger partial charge in [-0.25, -0.2) is 0 Å². The summed E-state index contributed by atoms with van der Waals surface area (Å²) >= 11 is 0. The van der Waals surface area contributed by atoms with Crippen LogP contribution in [0.25, 0.3) is 22.5 Å². The van der Waals surface area contributed by atoms with E-state index in [0.717, 1.165) is 29.6 Å². The highest BCUT2D eigenvalue weighted by Gasteiger charge is 2.24. The van der Waals surface area contributed by atoms with E-state index in [1.54, 1.807) is 0 Å². The van der Waals surface area contributed by atoms with E-state index in [2.05, 4.69) is 47.2 Å². The number of carbonyl (C=O) groups excluding carboxylic acids is 1. The van der Waals surface area contributed by atoms with Gasteiger partial charge < -0.3 is 14.4 Å². The Hall–Kier alpha value is -2.63. The van der Waals surface area contributed by atoms with Crippen molar-refractivity contribution in [3.8, 4) is 11.6 Å². The molecule has 1 amide bonds. The summed E-state index contributed by atoms with van der Waals surface area (Å²) in [7, 11) is 1.88. The molecule has 28 heavy (non-hydrogen) atoms. The number of benzene rings is 1. The summed E-state index contributed by atoms with van der Waals surface area (Å²) in [6, 6.07) is 6.32. The minimum absolute atomic E-state index is 0.192. The van der Waals surface area contributed by atoms with E-state index in [4.69, 9.17) is 4.52 Å². The number of rotatable bonds is 5. The molecule has 1 saturated carbocycles. The molecule has 6 nitrogen and oxygen atoms in total. The fourth-order valence-electron chi connectivity index (χ4n) is 4.15. The number of hydrogen-bond donors (Lipinski definition) is 1. The zero-order chi connectivity index (χ0) is 19.7. The Balaban J connectivity index is 1.43. The fraction of sp³-hybridized carbons (Fsp3) is 0.500. The smallest absolute Gasteiger partial charge is 0.274 e. The number of amides is 1. The third-order valence-electron chi connectivity index (χ3n) is 5.90. The van der Waals surface area contributed by atoms with Gasteiger partial charge in [-0.3, -0.25) is 4.79 Å². The number of aromatic nitrogens is 3. The molecule has 0 unspecified atom stereocenters. The lowest BCUT2D eigenvalue weighted by Gasteiger charge is -2.26. The molecule has 148 valence electrons. The third kappa shape index (κ3) is 3.68. The molecule has 1 aromatic carbocycles. The highest BCUT2D eigenvalue weighted by molar-refractivity contribution is 5.89. The van der Waals surface area contributed by atoms with Crippen molar-refractivity contribution < 1.29 is 9.32 Å². The second kappa shape index (κ2) is 7.78. The summed E-state index contributed by atoms with van der Waals surface area (Å²) in [6.07, 6.45) is 6.23. The lowest BCUT2D eigenvalue weighted by atomic mass is 9.88. The summed E-state index contributed by atoms with van der Waals surface area (Å²) < 4.78 is 5.50. The number of nitrogens with zero attached hydrogens (tertiary/aromatic N) is 3. The van der Waals surface area contributed by atoms with E-state index in [9.17, 15) is 4.79 Å². The van der Waals surface area contributed by atoms with Crippen molar-refractivity contribution in [3.05, 3.63) is 35.2 Å². The largest absolute Gasteiger partial charge is 0.350 e. The molecule has 0 atom stereocenters. The number of aromatic amines is 1. The number of H-pyrrole nitrogens is 1. The quantitative estimate of drug-likeness (QED) is 0.711. The van der Waals surface area contributed by atoms with E-state index < -0.39 is 0 Å². The van der Waals surface area contributed by atoms with Gasteiger partial charge in [0.05, 0.1) is 0 Å². The third-order valence-corrected chi connectivity index (χ3v) is 5.90. The maximum absolute atomic E-state index is 12.6. The first-order chi connectivity index (χ1) is 13.5. The molecular weight excluding hydrogens is 352 g/mol. The number of carbonyl (C=O) groups is 1. The maximum Gasteiger partial charge on any atom is 0.274 e. The molecule has 0 aliphatic heterocycles. The van der Waals surface area contributed by atoms with Gasteiger partial charge in [-0.2, -0.15) is 4.98 Å². The second-order valence-corrected chi connectivity index (χ2v) is 8.03. The molecule has 3 aromatic rings. The molecule has 1 N–H and O–H groups in total. The highest BCUT2D eigenvalue weighted by Crippen LogP contribution is 2.29. The molecule has 0 bridgehead atoms. The minimum atomic E-state index is 0.192. The SMILES string of the molecule is Cc1ccc2[nH]c(-c3nc(CCN(C)C(=O)C4CCCCC4)no3)c(C)c2c1. The van der Waals surface area contributed by atoms with Crippen molar-refractivity contribution in [1.82, 2.24) is 20.0 Å². The molecular formula is C22H28N4O2. The van der Waals surface area contributed by atoms with E-state index >= 15 is 0 Å². The predicted octanol–water partition coefficient (Wildman–Crippen LogP) is 4.42. The highest BCUT2D eigenvalue weighted by atomic mass is 16.5. The summed E-state index contributed by atoms with van der Waals surface area (Å²) in [5.74, 6) is 1.58. The fourth-order valence-corrected chi connectivity index (χ4v) is 4.15. The van der Waals surface area contributed by atoms with Crippen LogP contribution in [0.1, 0.15) is 49.1 Å². The average Bonchev–Trinajstić information content (AvgIpc) is 3.31. The van der Waals surface area contributed by atoms with Gasteiger partial charge >= 0.3 is 0 Å². The summed E-state index contributed by atoms with van der Waals surface area (Å²) in [4.78, 5) is 22.3. The average molecular weight is 380 g/mol. The van der Waals surface area contributed by atoms with E-state index in [0.29, 0.717) is 24.7 Å². The van der Waals surface area contributed by atoms with E-state index in [1.165, 1.54) is 30.2 Å². The molecule has 1 aliphatic rings. The van der Waals surface area contributed by atoms with Gasteiger partial charge in [-0.15, -0.1) is 0 Å². The van der Waals surface area contributed by atoms with Gasteiger partial charge in [-0.05, 0) is 44.4 Å². The molecule has 2 heterocycles. The van der Waals surface area contributed by atoms with Gasteiger partial charge in [0.1, 0.15) is 5.69 Å². The van der Waals surface area contributed by atoms with Crippen molar-refractivity contribution in [3.63, 3.8) is 0 Å². The Morgan fingerprint density at radius 1 is 1.25 bits per heavy atom. The van der Waals surface area contributed by atoms with Crippen LogP contribution in [0.15, 0.2) is 22.7 Å². The van der Waals surface area contributed by atoms with Crippen molar-refractivity contribution in [2.75, 3.05) is 13.6 Å². The molecule has 1 aliphatic carbocycles. The number of aryl methyl sites for hydroxylation is 2. The number of nitrogens with one attached hydrogen (secondary N) is 1. The van der Waals surface area contributed by atoms with Gasteiger partial charge in [0.15, 0.2) is 5.82 Å². The number of fused-ring (bicyclic) bond motifs is 1. The monoisotopic (exact) mass is 380 g/mol. The van der Waals surface area contributed by atoms with Crippen molar-refractivity contribution >= 4 is 16.8 Å². The Bertz CT molecular complexity index is 982. The second-order valence-electron chi connectivity index (χ2n) is 8.03. The molecule has 0 saturated heterocycles. The lowest BCUT2D eigenvalue weighted by molar-refractivity contribution is -0.135. The molecule has 1 fully saturated rings. The maximum atomic E-state index is 12.6. The predicted molar refractivity (Wildman–Crippen MR) is 109 cm³/mol. The van der Waals surface area contributed by atoms with Gasteiger partial charge in [-0.1, -0.05) is 36.0 Å². The zero-order valence-electron chi connectivity index (χ0n) is 16.9. The molecule has 4 rings (SSSR count). The van der Waals surface area contributed by atoms with E-state index in [-0.39, 0.29) is 11.8 Å². The van der Waals surface area contributed by atoms with Crippen molar-refractivity contribution in [1.29, 1.82) is 0 Å². The van der Waals surface area contributed by atoms with Crippen molar-refractivity contribution in [2.24, 2.45) is 5.92 Å². The number of likely N-dealkylation sites (N-methyl/N-ethyl adjacent to an activating group) is 1. The Labute approximate surface area is 165 Å². The van der Waals surface area contributed by atoms with Crippen LogP contribution in [0.5, 0.6) is 0 Å². The standard InChI is InChI=1S/C22H28N4O2/c1-14-9-10-18-17(13-14)15(2)20(23-18)21-24-19(25-28-21)11-12-26(3)22(27)16-7-5-4-6-8-16/h9-10,13,16,23H,4-8,11-12H2,1-3H3. The van der Waals surface area contributed by atoms with Crippen molar-refractivity contribution in [2.45, 2.75) is 52.4 Å². The Morgan fingerprint density at radius 2 is 2.04 bits per heavy atom. The van der Waals surface area contributed by atoms with Crippen LogP contribution >= 0.6 is 0 Å². The summed E-state index contributed by atoms with van der Waals surface area (Å²) in [6.45, 7) is 4.76. The van der Waals surface area contributed by atoms with Crippen LogP contribution in [0.3, 0.4) is 0 Å². The van der Waals surface area contributed by atoms with Gasteiger partial charge in [0.2, 0.25) is 5.91 Å². The molecule has 0 radical (unpaired) electrons. The van der Waals surface area contributed by atoms with Crippen LogP contribution in [0.2, 0.25) is 0 Å². The van der Waals surface area contributed by atoms with Crippen LogP contribution in [0.4, 0.5) is 0 Å². The lowest BCUT2D eigenvalue weighted by Crippen LogP contribution is -2.35. The van der Waals surface area contributed by atoms with Crippen LogP contribution < -0.4 is 0 Å².